The van der Waals surface area contributed by atoms with Crippen molar-refractivity contribution >= 4 is 23.5 Å². The van der Waals surface area contributed by atoms with Gasteiger partial charge in [0.25, 0.3) is 5.91 Å². The summed E-state index contributed by atoms with van der Waals surface area (Å²) in [6, 6.07) is 8.47. The molecule has 4 N–H and O–H groups in total. The number of nitrogens with one attached hydrogen (secondary N) is 1. The second kappa shape index (κ2) is 11.3. The molecular weight excluding hydrogens is 472 g/mol. The van der Waals surface area contributed by atoms with Crippen LogP contribution in [0.15, 0.2) is 41.5 Å². The zero-order chi connectivity index (χ0) is 26.6. The molecule has 1 aromatic heterocycles. The van der Waals surface area contributed by atoms with Crippen molar-refractivity contribution in [2.24, 2.45) is 4.99 Å². The summed E-state index contributed by atoms with van der Waals surface area (Å²) in [7, 11) is 0. The fraction of sp³-hybridized carbons (Fsp3) is 0.538. The number of rotatable bonds is 12. The molecule has 37 heavy (non-hydrogen) atoms. The molecule has 1 saturated heterocycles. The number of amidine groups is 1. The van der Waals surface area contributed by atoms with Crippen LogP contribution in [0.2, 0.25) is 0 Å². The molecule has 2 unspecified atom stereocenters. The highest BCUT2D eigenvalue weighted by Crippen LogP contribution is 2.41. The van der Waals surface area contributed by atoms with E-state index >= 15 is 0 Å². The van der Waals surface area contributed by atoms with Crippen LogP contribution in [0.1, 0.15) is 44.9 Å². The number of benzene rings is 1. The van der Waals surface area contributed by atoms with Crippen LogP contribution in [0.3, 0.4) is 0 Å². The molecule has 0 bridgehead atoms. The summed E-state index contributed by atoms with van der Waals surface area (Å²) in [4.78, 5) is 36.2. The number of anilines is 1. The van der Waals surface area contributed by atoms with E-state index in [9.17, 15) is 14.7 Å². The number of fused-ring (bicyclic) bond motifs is 1. The minimum absolute atomic E-state index is 0.0710. The molecule has 11 nitrogen and oxygen atoms in total. The lowest BCUT2D eigenvalue weighted by Crippen LogP contribution is -2.74. The molecule has 0 spiro atoms. The first-order valence-electron chi connectivity index (χ1n) is 13.1. The Morgan fingerprint density at radius 2 is 2.00 bits per heavy atom. The van der Waals surface area contributed by atoms with E-state index in [2.05, 4.69) is 10.2 Å². The van der Waals surface area contributed by atoms with Crippen LogP contribution in [0, 0.1) is 0 Å². The number of carbonyl (C=O) groups excluding carboxylic acids is 2. The first kappa shape index (κ1) is 26.6. The van der Waals surface area contributed by atoms with Crippen LogP contribution in [0.5, 0.6) is 0 Å². The first-order chi connectivity index (χ1) is 17.9. The van der Waals surface area contributed by atoms with Crippen molar-refractivity contribution < 1.29 is 14.7 Å². The molecule has 2 atom stereocenters. The van der Waals surface area contributed by atoms with Crippen molar-refractivity contribution in [3.05, 3.63) is 47.8 Å². The number of imide groups is 1. The normalized spacial score (nSPS) is 21.7. The van der Waals surface area contributed by atoms with Crippen molar-refractivity contribution in [2.75, 3.05) is 38.5 Å². The van der Waals surface area contributed by atoms with Gasteiger partial charge in [-0.05, 0) is 43.0 Å². The Hall–Kier alpha value is -3.44. The van der Waals surface area contributed by atoms with Crippen LogP contribution in [-0.4, -0.2) is 97.4 Å². The second-order valence-corrected chi connectivity index (χ2v) is 9.45. The number of aromatic amines is 1. The fourth-order valence-corrected chi connectivity index (χ4v) is 5.45. The molecule has 2 aliphatic rings. The lowest BCUT2D eigenvalue weighted by atomic mass is 9.91. The van der Waals surface area contributed by atoms with E-state index < -0.39 is 11.7 Å². The van der Waals surface area contributed by atoms with Crippen molar-refractivity contribution in [1.29, 1.82) is 0 Å². The number of nitrogen functional groups attached to an aromatic ring is 1. The Labute approximate surface area is 217 Å². The average Bonchev–Trinajstić information content (AvgIpc) is 3.52. The fourth-order valence-electron chi connectivity index (χ4n) is 5.45. The van der Waals surface area contributed by atoms with Gasteiger partial charge in [-0.25, -0.2) is 14.8 Å². The Bertz CT molecular complexity index is 1120. The molecule has 2 aliphatic heterocycles. The van der Waals surface area contributed by atoms with Gasteiger partial charge in [-0.1, -0.05) is 32.9 Å². The molecule has 1 aromatic carbocycles. The number of hydrogen-bond donors (Lipinski definition) is 3. The third-order valence-electron chi connectivity index (χ3n) is 7.18. The SMILES string of the molecule is CCCN1C(=O)C2N(N(CC)CCO)C(Cc3ccn[nH]3)=NC2(CC)N(CCc2cccc(N)c2)C1=O. The number of hydrazine groups is 1. The molecule has 2 aromatic rings. The van der Waals surface area contributed by atoms with Gasteiger partial charge in [0, 0.05) is 50.2 Å². The molecule has 0 saturated carbocycles. The Balaban J connectivity index is 1.80. The van der Waals surface area contributed by atoms with Crippen LogP contribution < -0.4 is 5.73 Å². The minimum Gasteiger partial charge on any atom is -0.399 e. The molecular formula is C26H38N8O3. The molecule has 0 radical (unpaired) electrons. The predicted octanol–water partition coefficient (Wildman–Crippen LogP) is 1.87. The maximum Gasteiger partial charge on any atom is 0.328 e. The molecule has 1 fully saturated rings. The summed E-state index contributed by atoms with van der Waals surface area (Å²) in [6.45, 7) is 7.47. The summed E-state index contributed by atoms with van der Waals surface area (Å²) in [5.74, 6) is 0.411. The Kier molecular flexibility index (Phi) is 8.13. The highest BCUT2D eigenvalue weighted by molar-refractivity contribution is 6.05. The van der Waals surface area contributed by atoms with Crippen LogP contribution in [0.4, 0.5) is 10.5 Å². The highest BCUT2D eigenvalue weighted by Gasteiger charge is 2.62. The standard InChI is InChI=1S/C26H38N8O3/c1-4-13-32-24(36)23-26(5-2,33(25(32)37)14-11-19-8-7-9-20(27)17-19)29-22(18-21-10-12-28-30-21)34(23)31(6-3)15-16-35/h7-10,12,17,23,35H,4-6,11,13-16,18,27H2,1-3H3,(H,28,30). The number of nitrogens with zero attached hydrogens (tertiary/aromatic N) is 6. The topological polar surface area (TPSA) is 134 Å². The lowest BCUT2D eigenvalue weighted by molar-refractivity contribution is -0.151. The number of aliphatic hydroxyl groups excluding tert-OH is 1. The quantitative estimate of drug-likeness (QED) is 0.371. The predicted molar refractivity (Wildman–Crippen MR) is 141 cm³/mol. The highest BCUT2D eigenvalue weighted by atomic mass is 16.3. The molecule has 11 heteroatoms. The van der Waals surface area contributed by atoms with Gasteiger partial charge in [-0.3, -0.25) is 24.7 Å². The van der Waals surface area contributed by atoms with Gasteiger partial charge < -0.3 is 10.8 Å². The van der Waals surface area contributed by atoms with Crippen molar-refractivity contribution in [2.45, 2.75) is 58.2 Å². The zero-order valence-corrected chi connectivity index (χ0v) is 21.9. The van der Waals surface area contributed by atoms with Crippen LogP contribution >= 0.6 is 0 Å². The molecule has 3 amide bonds. The smallest absolute Gasteiger partial charge is 0.328 e. The monoisotopic (exact) mass is 510 g/mol. The van der Waals surface area contributed by atoms with Crippen molar-refractivity contribution in [3.8, 4) is 0 Å². The third-order valence-corrected chi connectivity index (χ3v) is 7.18. The van der Waals surface area contributed by atoms with Gasteiger partial charge in [0.05, 0.1) is 6.61 Å². The number of amides is 3. The summed E-state index contributed by atoms with van der Waals surface area (Å²) in [5.41, 5.74) is 7.46. The van der Waals surface area contributed by atoms with E-state index in [-0.39, 0.29) is 18.5 Å². The molecule has 3 heterocycles. The van der Waals surface area contributed by atoms with E-state index in [0.29, 0.717) is 63.4 Å². The van der Waals surface area contributed by atoms with Crippen LogP contribution in [-0.2, 0) is 17.6 Å². The van der Waals surface area contributed by atoms with Gasteiger partial charge in [0.1, 0.15) is 5.84 Å². The van der Waals surface area contributed by atoms with Crippen molar-refractivity contribution in [3.63, 3.8) is 0 Å². The third kappa shape index (κ3) is 4.93. The number of likely N-dealkylation sites (N-methyl/N-ethyl adjacent to an activating group) is 1. The average molecular weight is 511 g/mol. The first-order valence-corrected chi connectivity index (χ1v) is 13.1. The van der Waals surface area contributed by atoms with Gasteiger partial charge in [0.2, 0.25) is 0 Å². The summed E-state index contributed by atoms with van der Waals surface area (Å²) in [5, 5.41) is 20.7. The lowest BCUT2D eigenvalue weighted by Gasteiger charge is -2.51. The van der Waals surface area contributed by atoms with E-state index in [0.717, 1.165) is 11.3 Å². The van der Waals surface area contributed by atoms with Crippen LogP contribution in [0.25, 0.3) is 0 Å². The minimum atomic E-state index is -1.07. The maximum absolute atomic E-state index is 14.1. The Morgan fingerprint density at radius 1 is 1.19 bits per heavy atom. The van der Waals surface area contributed by atoms with E-state index in [4.69, 9.17) is 10.7 Å². The number of urea groups is 1. The molecule has 200 valence electrons. The van der Waals surface area contributed by atoms with Crippen molar-refractivity contribution in [1.82, 2.24) is 30.0 Å². The number of aromatic nitrogens is 2. The second-order valence-electron chi connectivity index (χ2n) is 9.45. The number of carbonyl (C=O) groups is 2. The molecule has 4 rings (SSSR count). The zero-order valence-electron chi connectivity index (χ0n) is 21.9. The number of aliphatic hydroxyl groups is 1. The number of H-pyrrole nitrogens is 1. The Morgan fingerprint density at radius 3 is 2.62 bits per heavy atom. The van der Waals surface area contributed by atoms with Gasteiger partial charge >= 0.3 is 6.03 Å². The summed E-state index contributed by atoms with van der Waals surface area (Å²) >= 11 is 0. The molecule has 0 aliphatic carbocycles. The summed E-state index contributed by atoms with van der Waals surface area (Å²) < 4.78 is 0. The maximum atomic E-state index is 14.1. The largest absolute Gasteiger partial charge is 0.399 e. The van der Waals surface area contributed by atoms with E-state index in [1.165, 1.54) is 4.90 Å². The number of nitrogens with two attached hydrogens (primary N) is 1. The van der Waals surface area contributed by atoms with E-state index in [1.807, 2.05) is 61.1 Å². The van der Waals surface area contributed by atoms with Gasteiger partial charge in [-0.2, -0.15) is 5.10 Å². The van der Waals surface area contributed by atoms with E-state index in [1.54, 1.807) is 11.1 Å². The number of hydrogen-bond acceptors (Lipinski definition) is 8. The van der Waals surface area contributed by atoms with Gasteiger partial charge in [-0.15, -0.1) is 0 Å². The summed E-state index contributed by atoms with van der Waals surface area (Å²) in [6.07, 6.45) is 3.80. The number of aliphatic imine (C=N–C) groups is 1. The van der Waals surface area contributed by atoms with Gasteiger partial charge in [0.15, 0.2) is 11.7 Å².